The summed E-state index contributed by atoms with van der Waals surface area (Å²) in [6.07, 6.45) is -4.57. The third-order valence-corrected chi connectivity index (χ3v) is 4.25. The second-order valence-corrected chi connectivity index (χ2v) is 5.86. The number of nitrogens with one attached hydrogen (secondary N) is 1. The van der Waals surface area contributed by atoms with Gasteiger partial charge >= 0.3 is 6.36 Å². The van der Waals surface area contributed by atoms with Crippen LogP contribution in [0.5, 0.6) is 0 Å². The van der Waals surface area contributed by atoms with Crippen LogP contribution in [-0.2, 0) is 11.3 Å². The molecular formula is C15H20F3N3O. The van der Waals surface area contributed by atoms with Crippen LogP contribution in [-0.4, -0.2) is 44.2 Å². The maximum absolute atomic E-state index is 12.2. The number of alkyl halides is 3. The molecule has 0 aromatic heterocycles. The van der Waals surface area contributed by atoms with Crippen LogP contribution < -0.4 is 10.3 Å². The van der Waals surface area contributed by atoms with Crippen molar-refractivity contribution in [1.29, 1.82) is 0 Å². The van der Waals surface area contributed by atoms with E-state index in [-0.39, 0.29) is 13.2 Å². The van der Waals surface area contributed by atoms with Crippen LogP contribution in [0.2, 0.25) is 0 Å². The van der Waals surface area contributed by atoms with E-state index in [1.54, 1.807) is 0 Å². The number of aryl methyl sites for hydroxylation is 1. The van der Waals surface area contributed by atoms with Gasteiger partial charge in [-0.25, -0.2) is 5.01 Å². The average molecular weight is 315 g/mol. The molecule has 22 heavy (non-hydrogen) atoms. The summed E-state index contributed by atoms with van der Waals surface area (Å²) in [5, 5.41) is 7.31. The number of anilines is 1. The van der Waals surface area contributed by atoms with Crippen LogP contribution in [0.25, 0.3) is 0 Å². The Morgan fingerprint density at radius 3 is 2.73 bits per heavy atom. The van der Waals surface area contributed by atoms with Gasteiger partial charge in [-0.05, 0) is 30.0 Å². The lowest BCUT2D eigenvalue weighted by Gasteiger charge is -2.36. The summed E-state index contributed by atoms with van der Waals surface area (Å²) in [5.41, 5.74) is 3.37. The summed E-state index contributed by atoms with van der Waals surface area (Å²) in [4.78, 5) is 0. The maximum Gasteiger partial charge on any atom is 0.522 e. The largest absolute Gasteiger partial charge is 0.522 e. The van der Waals surface area contributed by atoms with E-state index in [0.29, 0.717) is 5.92 Å². The Morgan fingerprint density at radius 1 is 1.32 bits per heavy atom. The van der Waals surface area contributed by atoms with Gasteiger partial charge in [-0.3, -0.25) is 4.74 Å². The highest BCUT2D eigenvalue weighted by atomic mass is 19.4. The molecule has 0 amide bonds. The van der Waals surface area contributed by atoms with Gasteiger partial charge in [-0.15, -0.1) is 13.2 Å². The molecule has 1 aromatic carbocycles. The average Bonchev–Trinajstić information content (AvgIpc) is 2.73. The number of rotatable bonds is 5. The minimum Gasteiger partial charge on any atom is -0.316 e. The number of fused-ring (bicyclic) bond motifs is 1. The summed E-state index contributed by atoms with van der Waals surface area (Å²) in [6, 6.07) is 5.95. The molecule has 0 unspecified atom stereocenters. The van der Waals surface area contributed by atoms with E-state index in [4.69, 9.17) is 0 Å². The fraction of sp³-hybridized carbons (Fsp3) is 0.600. The molecule has 2 aliphatic rings. The molecule has 4 nitrogen and oxygen atoms in total. The quantitative estimate of drug-likeness (QED) is 0.902. The molecule has 7 heteroatoms. The van der Waals surface area contributed by atoms with E-state index in [0.717, 1.165) is 31.9 Å². The molecule has 0 atom stereocenters. The van der Waals surface area contributed by atoms with Crippen LogP contribution in [0.15, 0.2) is 18.2 Å². The van der Waals surface area contributed by atoms with Crippen molar-refractivity contribution in [2.24, 2.45) is 5.92 Å². The second-order valence-electron chi connectivity index (χ2n) is 5.86. The Bertz CT molecular complexity index is 531. The molecule has 0 saturated carbocycles. The zero-order valence-electron chi connectivity index (χ0n) is 12.5. The first kappa shape index (κ1) is 15.6. The third kappa shape index (κ3) is 3.37. The molecule has 0 bridgehead atoms. The molecule has 1 N–H and O–H groups in total. The zero-order chi connectivity index (χ0) is 15.7. The van der Waals surface area contributed by atoms with Gasteiger partial charge in [0.15, 0.2) is 0 Å². The summed E-state index contributed by atoms with van der Waals surface area (Å²) in [5.74, 6) is 0.556. The molecule has 0 radical (unpaired) electrons. The van der Waals surface area contributed by atoms with Gasteiger partial charge in [0.05, 0.1) is 18.8 Å². The van der Waals surface area contributed by atoms with Crippen LogP contribution in [0, 0.1) is 12.8 Å². The van der Waals surface area contributed by atoms with E-state index in [2.05, 4.69) is 15.1 Å². The predicted octanol–water partition coefficient (Wildman–Crippen LogP) is 2.29. The van der Waals surface area contributed by atoms with E-state index >= 15 is 0 Å². The van der Waals surface area contributed by atoms with Gasteiger partial charge in [0.2, 0.25) is 0 Å². The molecule has 122 valence electrons. The first-order chi connectivity index (χ1) is 10.4. The van der Waals surface area contributed by atoms with Gasteiger partial charge in [0.1, 0.15) is 0 Å². The van der Waals surface area contributed by atoms with Crippen molar-refractivity contribution in [2.45, 2.75) is 19.8 Å². The minimum atomic E-state index is -4.57. The number of halogens is 3. The zero-order valence-corrected chi connectivity index (χ0v) is 12.5. The number of hydrogen-bond acceptors (Lipinski definition) is 4. The minimum absolute atomic E-state index is 0.204. The Labute approximate surface area is 127 Å². The number of ether oxygens (including phenoxy) is 1. The van der Waals surface area contributed by atoms with E-state index in [1.165, 1.54) is 11.1 Å². The number of hydrogen-bond donors (Lipinski definition) is 1. The molecule has 0 aliphatic carbocycles. The molecule has 2 aliphatic heterocycles. The van der Waals surface area contributed by atoms with Gasteiger partial charge in [0.25, 0.3) is 0 Å². The number of benzene rings is 1. The lowest BCUT2D eigenvalue weighted by atomic mass is 10.0. The van der Waals surface area contributed by atoms with E-state index in [1.807, 2.05) is 30.1 Å². The van der Waals surface area contributed by atoms with Crippen molar-refractivity contribution in [2.75, 3.05) is 37.8 Å². The van der Waals surface area contributed by atoms with E-state index in [9.17, 15) is 13.2 Å². The van der Waals surface area contributed by atoms with Crippen LogP contribution in [0.4, 0.5) is 18.9 Å². The summed E-state index contributed by atoms with van der Waals surface area (Å²) in [6.45, 7) is 5.43. The van der Waals surface area contributed by atoms with Gasteiger partial charge in [0, 0.05) is 26.2 Å². The van der Waals surface area contributed by atoms with Crippen LogP contribution in [0.3, 0.4) is 0 Å². The molecule has 1 saturated heterocycles. The fourth-order valence-electron chi connectivity index (χ4n) is 3.00. The summed E-state index contributed by atoms with van der Waals surface area (Å²) in [7, 11) is 0. The molecular weight excluding hydrogens is 295 g/mol. The Morgan fingerprint density at radius 2 is 2.09 bits per heavy atom. The van der Waals surface area contributed by atoms with Crippen molar-refractivity contribution in [1.82, 2.24) is 10.3 Å². The summed E-state index contributed by atoms with van der Waals surface area (Å²) < 4.78 is 40.5. The number of nitrogens with zero attached hydrogens (tertiary/aromatic N) is 2. The van der Waals surface area contributed by atoms with Crippen LogP contribution >= 0.6 is 0 Å². The fourth-order valence-corrected chi connectivity index (χ4v) is 3.00. The third-order valence-electron chi connectivity index (χ3n) is 4.25. The highest BCUT2D eigenvalue weighted by Crippen LogP contribution is 2.34. The first-order valence-corrected chi connectivity index (χ1v) is 7.46. The van der Waals surface area contributed by atoms with Gasteiger partial charge in [-0.2, -0.15) is 0 Å². The Balaban J connectivity index is 1.71. The number of hydrazine groups is 1. The first-order valence-electron chi connectivity index (χ1n) is 7.46. The van der Waals surface area contributed by atoms with Crippen molar-refractivity contribution >= 4 is 5.69 Å². The SMILES string of the molecule is Cc1cccc2c1CN(CC1CNC1)N2CCOC(F)(F)F. The molecule has 1 fully saturated rings. The highest BCUT2D eigenvalue weighted by Gasteiger charge is 2.33. The summed E-state index contributed by atoms with van der Waals surface area (Å²) >= 11 is 0. The van der Waals surface area contributed by atoms with Gasteiger partial charge in [-0.1, -0.05) is 12.1 Å². The van der Waals surface area contributed by atoms with Crippen molar-refractivity contribution in [3.63, 3.8) is 0 Å². The molecule has 0 spiro atoms. The van der Waals surface area contributed by atoms with E-state index < -0.39 is 6.36 Å². The topological polar surface area (TPSA) is 27.7 Å². The molecule has 1 aromatic rings. The van der Waals surface area contributed by atoms with Crippen molar-refractivity contribution in [3.8, 4) is 0 Å². The Hall–Kier alpha value is -1.31. The predicted molar refractivity (Wildman–Crippen MR) is 77.3 cm³/mol. The van der Waals surface area contributed by atoms with Crippen molar-refractivity contribution < 1.29 is 17.9 Å². The monoisotopic (exact) mass is 315 g/mol. The maximum atomic E-state index is 12.2. The molecule has 3 rings (SSSR count). The smallest absolute Gasteiger partial charge is 0.316 e. The highest BCUT2D eigenvalue weighted by molar-refractivity contribution is 5.59. The molecule has 2 heterocycles. The lowest BCUT2D eigenvalue weighted by molar-refractivity contribution is -0.323. The lowest BCUT2D eigenvalue weighted by Crippen LogP contribution is -2.51. The normalized spacial score (nSPS) is 19.4. The van der Waals surface area contributed by atoms with Gasteiger partial charge < -0.3 is 10.3 Å². The standard InChI is InChI=1S/C15H20F3N3O/c1-11-3-2-4-14-13(11)10-20(9-12-7-19-8-12)21(14)5-6-22-15(16,17)18/h2-4,12,19H,5-10H2,1H3. The Kier molecular flexibility index (Phi) is 4.29. The van der Waals surface area contributed by atoms with Crippen LogP contribution in [0.1, 0.15) is 11.1 Å². The second kappa shape index (κ2) is 6.06. The van der Waals surface area contributed by atoms with Crippen molar-refractivity contribution in [3.05, 3.63) is 29.3 Å².